The first kappa shape index (κ1) is 22.8. The molecule has 0 aliphatic carbocycles. The van der Waals surface area contributed by atoms with Gasteiger partial charge in [-0.25, -0.2) is 0 Å². The van der Waals surface area contributed by atoms with Gasteiger partial charge in [-0.05, 0) is 48.9 Å². The molecular formula is C21H18ClN3O4S2. The molecule has 1 aliphatic rings. The number of thiocarbonyl (C=S) groups is 1. The van der Waals surface area contributed by atoms with Crippen LogP contribution in [0.3, 0.4) is 0 Å². The van der Waals surface area contributed by atoms with Crippen molar-refractivity contribution in [3.63, 3.8) is 0 Å². The zero-order valence-electron chi connectivity index (χ0n) is 16.4. The molecule has 3 amide bonds. The van der Waals surface area contributed by atoms with Crippen molar-refractivity contribution in [2.75, 3.05) is 13.2 Å². The van der Waals surface area contributed by atoms with Crippen LogP contribution in [0.25, 0.3) is 6.08 Å². The summed E-state index contributed by atoms with van der Waals surface area (Å²) in [7, 11) is 0. The normalized spacial score (nSPS) is 14.6. The van der Waals surface area contributed by atoms with Crippen molar-refractivity contribution in [2.45, 2.75) is 6.92 Å². The molecule has 1 fully saturated rings. The second-order valence-electron chi connectivity index (χ2n) is 6.28. The lowest BCUT2D eigenvalue weighted by molar-refractivity contribution is -0.129. The Labute approximate surface area is 193 Å². The standard InChI is InChI=1S/C21H18ClN3O4S2/c1-2-29-16-8-6-13(7-9-16)10-17-20(28)25(21(30)31-17)12-18(26)23-24-19(27)14-4-3-5-15(22)11-14/h3-11H,2,12H2,1H3,(H,23,26)(H,24,27). The lowest BCUT2D eigenvalue weighted by atomic mass is 10.2. The lowest BCUT2D eigenvalue weighted by Gasteiger charge is -2.14. The summed E-state index contributed by atoms with van der Waals surface area (Å²) in [6.07, 6.45) is 1.70. The van der Waals surface area contributed by atoms with Crippen LogP contribution in [0.5, 0.6) is 5.75 Å². The molecule has 2 aromatic rings. The highest BCUT2D eigenvalue weighted by molar-refractivity contribution is 8.26. The predicted octanol–water partition coefficient (Wildman–Crippen LogP) is 3.40. The molecule has 3 rings (SSSR count). The third-order valence-electron chi connectivity index (χ3n) is 4.07. The maximum absolute atomic E-state index is 12.7. The van der Waals surface area contributed by atoms with E-state index in [1.807, 2.05) is 31.2 Å². The van der Waals surface area contributed by atoms with Crippen molar-refractivity contribution in [3.8, 4) is 5.75 Å². The van der Waals surface area contributed by atoms with Crippen molar-refractivity contribution in [1.29, 1.82) is 0 Å². The molecule has 0 unspecified atom stereocenters. The molecular weight excluding hydrogens is 458 g/mol. The van der Waals surface area contributed by atoms with Gasteiger partial charge in [0.15, 0.2) is 0 Å². The molecule has 160 valence electrons. The number of carbonyl (C=O) groups excluding carboxylic acids is 3. The Morgan fingerprint density at radius 1 is 1.19 bits per heavy atom. The molecule has 10 heteroatoms. The van der Waals surface area contributed by atoms with Crippen molar-refractivity contribution in [2.24, 2.45) is 0 Å². The zero-order chi connectivity index (χ0) is 22.4. The Morgan fingerprint density at radius 3 is 2.61 bits per heavy atom. The molecule has 2 aromatic carbocycles. The number of hydrazine groups is 1. The second-order valence-corrected chi connectivity index (χ2v) is 8.39. The van der Waals surface area contributed by atoms with Gasteiger partial charge >= 0.3 is 0 Å². The number of halogens is 1. The van der Waals surface area contributed by atoms with Crippen molar-refractivity contribution >= 4 is 63.7 Å². The average molecular weight is 476 g/mol. The van der Waals surface area contributed by atoms with Gasteiger partial charge in [0.1, 0.15) is 16.6 Å². The molecule has 1 heterocycles. The van der Waals surface area contributed by atoms with Crippen LogP contribution >= 0.6 is 35.6 Å². The lowest BCUT2D eigenvalue weighted by Crippen LogP contribution is -2.47. The maximum atomic E-state index is 12.7. The Kier molecular flexibility index (Phi) is 7.67. The van der Waals surface area contributed by atoms with Crippen LogP contribution in [0.4, 0.5) is 0 Å². The highest BCUT2D eigenvalue weighted by Crippen LogP contribution is 2.32. The van der Waals surface area contributed by atoms with Crippen LogP contribution in [-0.4, -0.2) is 40.1 Å². The number of benzene rings is 2. The summed E-state index contributed by atoms with van der Waals surface area (Å²) in [6.45, 7) is 2.15. The number of carbonyl (C=O) groups is 3. The monoisotopic (exact) mass is 475 g/mol. The smallest absolute Gasteiger partial charge is 0.269 e. The highest BCUT2D eigenvalue weighted by atomic mass is 35.5. The van der Waals surface area contributed by atoms with E-state index in [0.29, 0.717) is 16.5 Å². The topological polar surface area (TPSA) is 87.7 Å². The molecule has 0 radical (unpaired) electrons. The van der Waals surface area contributed by atoms with Gasteiger partial charge in [0.25, 0.3) is 17.7 Å². The van der Waals surface area contributed by atoms with Crippen LogP contribution in [0, 0.1) is 0 Å². The Balaban J connectivity index is 1.57. The quantitative estimate of drug-likeness (QED) is 0.378. The van der Waals surface area contributed by atoms with E-state index in [2.05, 4.69) is 10.9 Å². The number of nitrogens with one attached hydrogen (secondary N) is 2. The van der Waals surface area contributed by atoms with Crippen LogP contribution in [-0.2, 0) is 9.59 Å². The van der Waals surface area contributed by atoms with Gasteiger partial charge in [-0.1, -0.05) is 53.8 Å². The van der Waals surface area contributed by atoms with E-state index in [1.165, 1.54) is 11.0 Å². The third kappa shape index (κ3) is 6.06. The first-order valence-corrected chi connectivity index (χ1v) is 10.8. The molecule has 7 nitrogen and oxygen atoms in total. The number of hydrogen-bond donors (Lipinski definition) is 2. The summed E-state index contributed by atoms with van der Waals surface area (Å²) < 4.78 is 5.66. The molecule has 1 saturated heterocycles. The van der Waals surface area contributed by atoms with Crippen molar-refractivity contribution < 1.29 is 19.1 Å². The Morgan fingerprint density at radius 2 is 1.94 bits per heavy atom. The number of amides is 3. The minimum absolute atomic E-state index is 0.263. The van der Waals surface area contributed by atoms with Crippen LogP contribution in [0.15, 0.2) is 53.4 Å². The summed E-state index contributed by atoms with van der Waals surface area (Å²) in [5.41, 5.74) is 5.65. The minimum atomic E-state index is -0.589. The van der Waals surface area contributed by atoms with Gasteiger partial charge < -0.3 is 4.74 Å². The van der Waals surface area contributed by atoms with Gasteiger partial charge in [-0.15, -0.1) is 0 Å². The van der Waals surface area contributed by atoms with Crippen LogP contribution in [0.2, 0.25) is 5.02 Å². The van der Waals surface area contributed by atoms with Gasteiger partial charge in [0, 0.05) is 10.6 Å². The number of nitrogens with zero attached hydrogens (tertiary/aromatic N) is 1. The number of hydrogen-bond acceptors (Lipinski definition) is 6. The predicted molar refractivity (Wildman–Crippen MR) is 125 cm³/mol. The Bertz CT molecular complexity index is 1060. The maximum Gasteiger partial charge on any atom is 0.269 e. The minimum Gasteiger partial charge on any atom is -0.494 e. The van der Waals surface area contributed by atoms with E-state index in [-0.39, 0.29) is 22.3 Å². The van der Waals surface area contributed by atoms with Gasteiger partial charge in [-0.3, -0.25) is 30.1 Å². The molecule has 0 saturated carbocycles. The van der Waals surface area contributed by atoms with Crippen LogP contribution < -0.4 is 15.6 Å². The van der Waals surface area contributed by atoms with E-state index < -0.39 is 11.8 Å². The number of rotatable bonds is 6. The number of thioether (sulfide) groups is 1. The molecule has 0 aromatic heterocycles. The first-order chi connectivity index (χ1) is 14.9. The Hall–Kier alpha value is -2.88. The second kappa shape index (κ2) is 10.4. The summed E-state index contributed by atoms with van der Waals surface area (Å²) in [4.78, 5) is 38.5. The summed E-state index contributed by atoms with van der Waals surface area (Å²) >= 11 is 12.2. The average Bonchev–Trinajstić information content (AvgIpc) is 3.01. The zero-order valence-corrected chi connectivity index (χ0v) is 18.8. The number of ether oxygens (including phenoxy) is 1. The highest BCUT2D eigenvalue weighted by Gasteiger charge is 2.33. The van der Waals surface area contributed by atoms with Gasteiger partial charge in [0.05, 0.1) is 11.5 Å². The molecule has 0 atom stereocenters. The van der Waals surface area contributed by atoms with Crippen molar-refractivity contribution in [3.05, 3.63) is 69.6 Å². The van der Waals surface area contributed by atoms with E-state index in [0.717, 1.165) is 23.1 Å². The molecule has 0 spiro atoms. The van der Waals surface area contributed by atoms with Gasteiger partial charge in [0.2, 0.25) is 0 Å². The summed E-state index contributed by atoms with van der Waals surface area (Å²) in [6, 6.07) is 13.6. The molecule has 0 bridgehead atoms. The van der Waals surface area contributed by atoms with Crippen molar-refractivity contribution in [1.82, 2.24) is 15.8 Å². The fourth-order valence-corrected chi connectivity index (χ4v) is 4.07. The van der Waals surface area contributed by atoms with E-state index >= 15 is 0 Å². The fraction of sp³-hybridized carbons (Fsp3) is 0.143. The summed E-state index contributed by atoms with van der Waals surface area (Å²) in [5.74, 6) is -0.755. The van der Waals surface area contributed by atoms with E-state index in [1.54, 1.807) is 24.3 Å². The SMILES string of the molecule is CCOc1ccc(C=C2SC(=S)N(CC(=O)NNC(=O)c3cccc(Cl)c3)C2=O)cc1. The molecule has 2 N–H and O–H groups in total. The van der Waals surface area contributed by atoms with Gasteiger partial charge in [-0.2, -0.15) is 0 Å². The molecule has 1 aliphatic heterocycles. The first-order valence-electron chi connectivity index (χ1n) is 9.20. The molecule has 31 heavy (non-hydrogen) atoms. The largest absolute Gasteiger partial charge is 0.494 e. The fourth-order valence-electron chi connectivity index (χ4n) is 2.63. The summed E-state index contributed by atoms with van der Waals surface area (Å²) in [5, 5.41) is 0.399. The van der Waals surface area contributed by atoms with Crippen LogP contribution in [0.1, 0.15) is 22.8 Å². The third-order valence-corrected chi connectivity index (χ3v) is 5.68. The van der Waals surface area contributed by atoms with E-state index in [4.69, 9.17) is 28.6 Å². The van der Waals surface area contributed by atoms with E-state index in [9.17, 15) is 14.4 Å².